The average Bonchev–Trinajstić information content (AvgIpc) is 3.06. The number of piperidine rings is 1. The Hall–Kier alpha value is -2.53. The van der Waals surface area contributed by atoms with Crippen molar-refractivity contribution in [3.8, 4) is 0 Å². The maximum Gasteiger partial charge on any atom is 0.321 e. The van der Waals surface area contributed by atoms with Crippen molar-refractivity contribution < 1.29 is 4.79 Å². The molecule has 26 heavy (non-hydrogen) atoms. The number of carbonyl (C=O) groups is 1. The zero-order chi connectivity index (χ0) is 18.1. The van der Waals surface area contributed by atoms with E-state index in [9.17, 15) is 4.79 Å². The third kappa shape index (κ3) is 3.27. The Morgan fingerprint density at radius 3 is 2.73 bits per heavy atom. The van der Waals surface area contributed by atoms with E-state index >= 15 is 0 Å². The average molecular weight is 369 g/mol. The van der Waals surface area contributed by atoms with Gasteiger partial charge in [0.25, 0.3) is 0 Å². The van der Waals surface area contributed by atoms with Gasteiger partial charge in [-0.2, -0.15) is 0 Å². The van der Waals surface area contributed by atoms with Crippen molar-refractivity contribution in [1.29, 1.82) is 0 Å². The van der Waals surface area contributed by atoms with Crippen LogP contribution in [0.4, 0.5) is 10.5 Å². The molecule has 0 radical (unpaired) electrons. The first-order valence-corrected chi connectivity index (χ1v) is 9.23. The van der Waals surface area contributed by atoms with Crippen LogP contribution in [0.15, 0.2) is 48.8 Å². The summed E-state index contributed by atoms with van der Waals surface area (Å²) < 4.78 is 2.25. The molecule has 1 aromatic heterocycles. The highest BCUT2D eigenvalue weighted by molar-refractivity contribution is 6.33. The van der Waals surface area contributed by atoms with Crippen LogP contribution in [-0.4, -0.2) is 33.6 Å². The standard InChI is InChI=1S/C20H21ClN4O/c1-14-6-7-19-18(12-14)22-13-25(19)15-8-10-24(11-9-15)20(26)23-17-5-3-2-4-16(17)21/h2-7,12-13,15H,8-11H2,1H3,(H,23,26). The number of para-hydroxylation sites is 1. The van der Waals surface area contributed by atoms with Gasteiger partial charge in [-0.25, -0.2) is 9.78 Å². The number of likely N-dealkylation sites (tertiary alicyclic amines) is 1. The Morgan fingerprint density at radius 1 is 1.19 bits per heavy atom. The van der Waals surface area contributed by atoms with Crippen molar-refractivity contribution in [1.82, 2.24) is 14.5 Å². The van der Waals surface area contributed by atoms with Crippen molar-refractivity contribution >= 4 is 34.4 Å². The fourth-order valence-corrected chi connectivity index (χ4v) is 3.72. The van der Waals surface area contributed by atoms with Crippen molar-refractivity contribution in [3.05, 3.63) is 59.4 Å². The number of fused-ring (bicyclic) bond motifs is 1. The maximum atomic E-state index is 12.5. The van der Waals surface area contributed by atoms with Gasteiger partial charge in [0.2, 0.25) is 0 Å². The molecule has 6 heteroatoms. The fourth-order valence-electron chi connectivity index (χ4n) is 3.54. The molecule has 1 fully saturated rings. The number of urea groups is 1. The summed E-state index contributed by atoms with van der Waals surface area (Å²) in [6.45, 7) is 3.51. The number of anilines is 1. The molecule has 1 saturated heterocycles. The molecule has 0 atom stereocenters. The lowest BCUT2D eigenvalue weighted by molar-refractivity contribution is 0.184. The number of aromatic nitrogens is 2. The van der Waals surface area contributed by atoms with E-state index in [1.54, 1.807) is 6.07 Å². The van der Waals surface area contributed by atoms with E-state index in [4.69, 9.17) is 11.6 Å². The number of amides is 2. The molecule has 3 aromatic rings. The normalized spacial score (nSPS) is 15.4. The Bertz CT molecular complexity index is 944. The second-order valence-corrected chi connectivity index (χ2v) is 7.18. The summed E-state index contributed by atoms with van der Waals surface area (Å²) in [6.07, 6.45) is 3.75. The van der Waals surface area contributed by atoms with Crippen LogP contribution in [0.25, 0.3) is 11.0 Å². The van der Waals surface area contributed by atoms with Crippen molar-refractivity contribution in [2.24, 2.45) is 0 Å². The van der Waals surface area contributed by atoms with Crippen molar-refractivity contribution in [3.63, 3.8) is 0 Å². The minimum Gasteiger partial charge on any atom is -0.327 e. The van der Waals surface area contributed by atoms with Crippen LogP contribution in [-0.2, 0) is 0 Å². The van der Waals surface area contributed by atoms with E-state index in [2.05, 4.69) is 40.0 Å². The molecule has 1 N–H and O–H groups in total. The fraction of sp³-hybridized carbons (Fsp3) is 0.300. The van der Waals surface area contributed by atoms with Gasteiger partial charge in [-0.3, -0.25) is 0 Å². The second-order valence-electron chi connectivity index (χ2n) is 6.77. The summed E-state index contributed by atoms with van der Waals surface area (Å²) in [5.41, 5.74) is 4.06. The molecule has 2 amide bonds. The summed E-state index contributed by atoms with van der Waals surface area (Å²) in [7, 11) is 0. The van der Waals surface area contributed by atoms with Crippen LogP contribution >= 0.6 is 11.6 Å². The number of hydrogen-bond donors (Lipinski definition) is 1. The zero-order valence-corrected chi connectivity index (χ0v) is 15.4. The molecule has 5 nitrogen and oxygen atoms in total. The molecule has 1 aliphatic rings. The smallest absolute Gasteiger partial charge is 0.321 e. The zero-order valence-electron chi connectivity index (χ0n) is 14.7. The van der Waals surface area contributed by atoms with E-state index in [1.807, 2.05) is 29.4 Å². The van der Waals surface area contributed by atoms with E-state index in [0.717, 1.165) is 23.9 Å². The molecule has 4 rings (SSSR count). The summed E-state index contributed by atoms with van der Waals surface area (Å²) in [6, 6.07) is 13.9. The van der Waals surface area contributed by atoms with Crippen LogP contribution in [0.2, 0.25) is 5.02 Å². The second kappa shape index (κ2) is 7.00. The molecule has 0 bridgehead atoms. The quantitative estimate of drug-likeness (QED) is 0.701. The predicted octanol–water partition coefficient (Wildman–Crippen LogP) is 4.87. The summed E-state index contributed by atoms with van der Waals surface area (Å²) in [5, 5.41) is 3.45. The monoisotopic (exact) mass is 368 g/mol. The molecule has 2 aromatic carbocycles. The molecular weight excluding hydrogens is 348 g/mol. The Morgan fingerprint density at radius 2 is 1.96 bits per heavy atom. The molecule has 0 aliphatic carbocycles. The number of aryl methyl sites for hydroxylation is 1. The first-order chi connectivity index (χ1) is 12.6. The number of halogens is 1. The molecular formula is C20H21ClN4O. The highest BCUT2D eigenvalue weighted by atomic mass is 35.5. The highest BCUT2D eigenvalue weighted by Crippen LogP contribution is 2.28. The first-order valence-electron chi connectivity index (χ1n) is 8.85. The van der Waals surface area contributed by atoms with E-state index in [-0.39, 0.29) is 6.03 Å². The topological polar surface area (TPSA) is 50.2 Å². The van der Waals surface area contributed by atoms with Crippen LogP contribution in [0.1, 0.15) is 24.4 Å². The van der Waals surface area contributed by atoms with Gasteiger partial charge in [-0.1, -0.05) is 29.8 Å². The first kappa shape index (κ1) is 16.9. The van der Waals surface area contributed by atoms with Gasteiger partial charge in [0.05, 0.1) is 28.1 Å². The lowest BCUT2D eigenvalue weighted by Gasteiger charge is -2.33. The van der Waals surface area contributed by atoms with Crippen LogP contribution in [0.5, 0.6) is 0 Å². The molecule has 0 spiro atoms. The predicted molar refractivity (Wildman–Crippen MR) is 105 cm³/mol. The highest BCUT2D eigenvalue weighted by Gasteiger charge is 2.25. The Balaban J connectivity index is 1.42. The largest absolute Gasteiger partial charge is 0.327 e. The van der Waals surface area contributed by atoms with Gasteiger partial charge in [-0.05, 0) is 49.6 Å². The minimum absolute atomic E-state index is 0.0948. The van der Waals surface area contributed by atoms with E-state index in [1.165, 1.54) is 5.56 Å². The molecule has 2 heterocycles. The summed E-state index contributed by atoms with van der Waals surface area (Å²) >= 11 is 6.12. The minimum atomic E-state index is -0.0948. The van der Waals surface area contributed by atoms with E-state index < -0.39 is 0 Å². The van der Waals surface area contributed by atoms with E-state index in [0.29, 0.717) is 29.8 Å². The molecule has 134 valence electrons. The third-order valence-corrected chi connectivity index (χ3v) is 5.32. The number of imidazole rings is 1. The van der Waals surface area contributed by atoms with Gasteiger partial charge >= 0.3 is 6.03 Å². The molecule has 0 unspecified atom stereocenters. The summed E-state index contributed by atoms with van der Waals surface area (Å²) in [4.78, 5) is 18.9. The van der Waals surface area contributed by atoms with Crippen LogP contribution < -0.4 is 5.32 Å². The SMILES string of the molecule is Cc1ccc2c(c1)ncn2C1CCN(C(=O)Nc2ccccc2Cl)CC1. The maximum absolute atomic E-state index is 12.5. The van der Waals surface area contributed by atoms with Gasteiger partial charge in [0.1, 0.15) is 0 Å². The number of rotatable bonds is 2. The van der Waals surface area contributed by atoms with Gasteiger partial charge in [-0.15, -0.1) is 0 Å². The Labute approximate surface area is 157 Å². The molecule has 1 aliphatic heterocycles. The molecule has 0 saturated carbocycles. The lowest BCUT2D eigenvalue weighted by atomic mass is 10.0. The number of hydrogen-bond acceptors (Lipinski definition) is 2. The number of carbonyl (C=O) groups excluding carboxylic acids is 1. The van der Waals surface area contributed by atoms with Gasteiger partial charge in [0.15, 0.2) is 0 Å². The van der Waals surface area contributed by atoms with Crippen molar-refractivity contribution in [2.75, 3.05) is 18.4 Å². The van der Waals surface area contributed by atoms with Crippen LogP contribution in [0.3, 0.4) is 0 Å². The van der Waals surface area contributed by atoms with Crippen LogP contribution in [0, 0.1) is 6.92 Å². The third-order valence-electron chi connectivity index (χ3n) is 4.99. The van der Waals surface area contributed by atoms with Gasteiger partial charge in [0, 0.05) is 19.1 Å². The number of nitrogens with zero attached hydrogens (tertiary/aromatic N) is 3. The Kier molecular flexibility index (Phi) is 4.55. The number of nitrogens with one attached hydrogen (secondary N) is 1. The van der Waals surface area contributed by atoms with Crippen molar-refractivity contribution in [2.45, 2.75) is 25.8 Å². The van der Waals surface area contributed by atoms with Gasteiger partial charge < -0.3 is 14.8 Å². The number of benzene rings is 2. The lowest BCUT2D eigenvalue weighted by Crippen LogP contribution is -2.41. The summed E-state index contributed by atoms with van der Waals surface area (Å²) in [5.74, 6) is 0.